The Labute approximate surface area is 439 Å². The van der Waals surface area contributed by atoms with E-state index in [9.17, 15) is 11.8 Å². The van der Waals surface area contributed by atoms with E-state index in [1.54, 1.807) is 22.7 Å². The third-order valence-corrected chi connectivity index (χ3v) is 18.2. The highest BCUT2D eigenvalue weighted by Gasteiger charge is 2.34. The third-order valence-electron chi connectivity index (χ3n) is 15.8. The zero-order chi connectivity index (χ0) is 49.9. The van der Waals surface area contributed by atoms with Gasteiger partial charge in [0, 0.05) is 85.2 Å². The number of thiophene rings is 2. The lowest BCUT2D eigenvalue weighted by Gasteiger charge is -2.25. The first-order valence-electron chi connectivity index (χ1n) is 25.2. The highest BCUT2D eigenvalue weighted by Crippen LogP contribution is 2.56. The Kier molecular flexibility index (Phi) is 8.36. The van der Waals surface area contributed by atoms with Crippen LogP contribution in [0.5, 0.6) is 0 Å². The van der Waals surface area contributed by atoms with Gasteiger partial charge < -0.3 is 18.0 Å². The van der Waals surface area contributed by atoms with Gasteiger partial charge in [0.1, 0.15) is 17.2 Å². The van der Waals surface area contributed by atoms with Crippen LogP contribution in [0.2, 0.25) is 0 Å². The van der Waals surface area contributed by atoms with Gasteiger partial charge in [0.05, 0.1) is 55.0 Å². The number of rotatable bonds is 4. The maximum absolute atomic E-state index is 12.5. The highest BCUT2D eigenvalue weighted by atomic mass is 32.1. The van der Waals surface area contributed by atoms with Gasteiger partial charge in [-0.05, 0) is 47.5 Å². The van der Waals surface area contributed by atoms with Gasteiger partial charge in [-0.2, -0.15) is 5.26 Å². The number of nitrogens with zero attached hydrogens (tertiary/aromatic N) is 4. The van der Waals surface area contributed by atoms with Gasteiger partial charge in [0.25, 0.3) is 0 Å². The lowest BCUT2D eigenvalue weighted by molar-refractivity contribution is 0.669. The summed E-state index contributed by atoms with van der Waals surface area (Å²) in [6, 6.07) is 74.7. The van der Waals surface area contributed by atoms with Crippen LogP contribution >= 0.6 is 22.7 Å². The summed E-state index contributed by atoms with van der Waals surface area (Å²) in [5, 5.41) is 25.0. The van der Waals surface area contributed by atoms with Crippen LogP contribution in [0.1, 0.15) is 5.56 Å². The van der Waals surface area contributed by atoms with Crippen LogP contribution in [-0.4, -0.2) is 9.13 Å². The SMILES string of the molecule is [C-]#[N+]c1c(-c2ccccc2)c(-n2c3c(ccc4c5ccccc5sc43)c3ccc4c5ccccc5sc4c32)c(-c2ccccc2)c(C#N)c1-n1c2c(ccc3c4ccccc4oc32)c2ccc3c4ccccc4oc3c21. The molecule has 6 heterocycles. The Hall–Kier alpha value is -9.96. The number of benzene rings is 11. The predicted octanol–water partition coefficient (Wildman–Crippen LogP) is 20.2. The molecule has 0 atom stereocenters. The molecular formula is C68H34N4O2S2. The second-order valence-electron chi connectivity index (χ2n) is 19.5. The fraction of sp³-hybridized carbons (Fsp3) is 0. The summed E-state index contributed by atoms with van der Waals surface area (Å²) < 4.78 is 23.3. The van der Waals surface area contributed by atoms with E-state index in [0.29, 0.717) is 39.2 Å². The summed E-state index contributed by atoms with van der Waals surface area (Å²) in [4.78, 5) is 4.74. The molecule has 6 nitrogen and oxygen atoms in total. The monoisotopic (exact) mass is 1000 g/mol. The summed E-state index contributed by atoms with van der Waals surface area (Å²) in [5.74, 6) is 0. The summed E-state index contributed by atoms with van der Waals surface area (Å²) in [6.45, 7) is 9.75. The van der Waals surface area contributed by atoms with E-state index in [0.717, 1.165) is 113 Å². The van der Waals surface area contributed by atoms with Gasteiger partial charge >= 0.3 is 0 Å². The predicted molar refractivity (Wildman–Crippen MR) is 317 cm³/mol. The maximum Gasteiger partial charge on any atom is 0.221 e. The summed E-state index contributed by atoms with van der Waals surface area (Å²) >= 11 is 3.58. The fourth-order valence-electron chi connectivity index (χ4n) is 12.7. The third kappa shape index (κ3) is 5.35. The second kappa shape index (κ2) is 15.3. The van der Waals surface area contributed by atoms with Gasteiger partial charge in [0.15, 0.2) is 11.2 Å². The molecule has 0 unspecified atom stereocenters. The van der Waals surface area contributed by atoms with Crippen molar-refractivity contribution in [2.75, 3.05) is 0 Å². The van der Waals surface area contributed by atoms with E-state index >= 15 is 0 Å². The molecule has 0 fully saturated rings. The smallest absolute Gasteiger partial charge is 0.221 e. The summed E-state index contributed by atoms with van der Waals surface area (Å²) in [7, 11) is 0. The molecule has 76 heavy (non-hydrogen) atoms. The van der Waals surface area contributed by atoms with E-state index in [2.05, 4.69) is 149 Å². The van der Waals surface area contributed by atoms with Gasteiger partial charge in [-0.1, -0.05) is 170 Å². The van der Waals surface area contributed by atoms with E-state index in [1.807, 2.05) is 72.8 Å². The first kappa shape index (κ1) is 41.5. The molecule has 0 aliphatic heterocycles. The van der Waals surface area contributed by atoms with Crippen LogP contribution in [0, 0.1) is 17.9 Å². The van der Waals surface area contributed by atoms with Crippen molar-refractivity contribution in [2.45, 2.75) is 0 Å². The van der Waals surface area contributed by atoms with Crippen molar-refractivity contribution >= 4 is 156 Å². The molecule has 0 bridgehead atoms. The summed E-state index contributed by atoms with van der Waals surface area (Å²) in [6.07, 6.45) is 0. The van der Waals surface area contributed by atoms with Gasteiger partial charge in [-0.25, -0.2) is 4.85 Å². The van der Waals surface area contributed by atoms with Crippen molar-refractivity contribution in [1.29, 1.82) is 5.26 Å². The Morgan fingerprint density at radius 2 is 0.776 bits per heavy atom. The Morgan fingerprint density at radius 1 is 0.382 bits per heavy atom. The minimum atomic E-state index is 0.333. The van der Waals surface area contributed by atoms with E-state index < -0.39 is 0 Å². The molecule has 0 spiro atoms. The van der Waals surface area contributed by atoms with Crippen LogP contribution in [0.15, 0.2) is 215 Å². The molecule has 0 N–H and O–H groups in total. The van der Waals surface area contributed by atoms with E-state index in [-0.39, 0.29) is 0 Å². The van der Waals surface area contributed by atoms with Crippen molar-refractivity contribution in [3.8, 4) is 39.7 Å². The van der Waals surface area contributed by atoms with E-state index in [1.165, 1.54) is 20.2 Å². The first-order valence-corrected chi connectivity index (χ1v) is 26.8. The number of nitriles is 1. The molecule has 0 aliphatic rings. The van der Waals surface area contributed by atoms with Crippen LogP contribution in [0.4, 0.5) is 5.69 Å². The number of furan rings is 2. The molecule has 350 valence electrons. The van der Waals surface area contributed by atoms with E-state index in [4.69, 9.17) is 13.7 Å². The Bertz CT molecular complexity index is 5170. The Morgan fingerprint density at radius 3 is 1.26 bits per heavy atom. The minimum absolute atomic E-state index is 0.333. The average Bonchev–Trinajstić information content (AvgIpc) is 4.40. The normalized spacial score (nSPS) is 12.2. The molecule has 0 amide bonds. The largest absolute Gasteiger partial charge is 0.454 e. The lowest BCUT2D eigenvalue weighted by Crippen LogP contribution is -2.08. The van der Waals surface area contributed by atoms with Crippen LogP contribution < -0.4 is 0 Å². The fourth-order valence-corrected chi connectivity index (χ4v) is 15.1. The lowest BCUT2D eigenvalue weighted by atomic mass is 9.88. The molecule has 0 radical (unpaired) electrons. The zero-order valence-corrected chi connectivity index (χ0v) is 41.7. The molecular weight excluding hydrogens is 969 g/mol. The first-order chi connectivity index (χ1) is 37.7. The molecule has 17 rings (SSSR count). The van der Waals surface area contributed by atoms with Crippen LogP contribution in [0.3, 0.4) is 0 Å². The molecule has 17 aromatic rings. The van der Waals surface area contributed by atoms with Gasteiger partial charge in [0.2, 0.25) is 5.69 Å². The van der Waals surface area contributed by atoms with Crippen molar-refractivity contribution in [2.24, 2.45) is 0 Å². The van der Waals surface area contributed by atoms with Crippen molar-refractivity contribution in [3.05, 3.63) is 223 Å². The molecule has 0 saturated heterocycles. The van der Waals surface area contributed by atoms with Crippen molar-refractivity contribution < 1.29 is 8.83 Å². The standard InChI is InChI=1S/C68H34N4O2S2/c1-70-58-57(38-18-6-3-7-19-38)64(72-62-45(30-34-49-41-22-10-14-26-54(41)75-67(49)62)46-31-35-50-42-23-11-15-27-55(42)76-68(50)63(46)72)56(37-16-4-2-5-17-37)51(36-69)59(58)71-60-43(28-32-47-39-20-8-12-24-52(39)73-65(47)60)44-29-33-48-40-21-9-13-25-53(40)74-66(48)61(44)71/h2-35H. The topological polar surface area (TPSA) is 64.3 Å². The highest BCUT2D eigenvalue weighted by molar-refractivity contribution is 7.27. The zero-order valence-electron chi connectivity index (χ0n) is 40.1. The minimum Gasteiger partial charge on any atom is -0.454 e. The van der Waals surface area contributed by atoms with Gasteiger partial charge in [-0.15, -0.1) is 22.7 Å². The van der Waals surface area contributed by atoms with Crippen LogP contribution in [-0.2, 0) is 0 Å². The number of para-hydroxylation sites is 2. The average molecular weight is 1000 g/mol. The van der Waals surface area contributed by atoms with Gasteiger partial charge in [-0.3, -0.25) is 0 Å². The molecule has 6 aromatic heterocycles. The second-order valence-corrected chi connectivity index (χ2v) is 21.6. The number of aromatic nitrogens is 2. The number of hydrogen-bond acceptors (Lipinski definition) is 5. The quantitative estimate of drug-likeness (QED) is 0.165. The number of hydrogen-bond donors (Lipinski definition) is 0. The van der Waals surface area contributed by atoms with Crippen molar-refractivity contribution in [3.63, 3.8) is 0 Å². The summed E-state index contributed by atoms with van der Waals surface area (Å²) in [5.41, 5.74) is 11.4. The number of fused-ring (bicyclic) bond motifs is 22. The molecule has 8 heteroatoms. The molecule has 0 saturated carbocycles. The molecule has 11 aromatic carbocycles. The van der Waals surface area contributed by atoms with Crippen LogP contribution in [0.25, 0.3) is 166 Å². The Balaban J connectivity index is 1.17. The molecule has 0 aliphatic carbocycles. The van der Waals surface area contributed by atoms with Crippen molar-refractivity contribution in [1.82, 2.24) is 9.13 Å². The maximum atomic E-state index is 12.5.